The van der Waals surface area contributed by atoms with Gasteiger partial charge in [0.2, 0.25) is 0 Å². The maximum Gasteiger partial charge on any atom is 0.0624 e. The van der Waals surface area contributed by atoms with Gasteiger partial charge in [-0.2, -0.15) is 0 Å². The van der Waals surface area contributed by atoms with Crippen LogP contribution >= 0.6 is 0 Å². The zero-order valence-electron chi connectivity index (χ0n) is 12.0. The maximum atomic E-state index is 6.09. The molecule has 2 aliphatic rings. The highest BCUT2D eigenvalue weighted by molar-refractivity contribution is 5.13. The molecule has 0 amide bonds. The Morgan fingerprint density at radius 1 is 1.18 bits per heavy atom. The van der Waals surface area contributed by atoms with Crippen molar-refractivity contribution in [1.29, 1.82) is 0 Å². The summed E-state index contributed by atoms with van der Waals surface area (Å²) in [5.74, 6) is 0.775. The van der Waals surface area contributed by atoms with Crippen LogP contribution in [0.2, 0.25) is 0 Å². The fourth-order valence-corrected chi connectivity index (χ4v) is 3.25. The Bertz CT molecular complexity index is 287. The van der Waals surface area contributed by atoms with E-state index in [1.165, 1.54) is 0 Å². The quantitative estimate of drug-likeness (QED) is 0.785. The Balaban J connectivity index is 1.78. The number of rotatable bonds is 4. The molecule has 17 heavy (non-hydrogen) atoms. The van der Waals surface area contributed by atoms with Gasteiger partial charge < -0.3 is 15.8 Å². The summed E-state index contributed by atoms with van der Waals surface area (Å²) in [6.45, 7) is 15.3. The van der Waals surface area contributed by atoms with Crippen LogP contribution in [-0.4, -0.2) is 32.3 Å². The highest BCUT2D eigenvalue weighted by Crippen LogP contribution is 2.67. The molecule has 1 aliphatic carbocycles. The summed E-state index contributed by atoms with van der Waals surface area (Å²) in [5.41, 5.74) is 7.14. The van der Waals surface area contributed by atoms with Gasteiger partial charge in [-0.05, 0) is 23.3 Å². The average Bonchev–Trinajstić information content (AvgIpc) is 2.50. The standard InChI is InChI=1S/C14H28N2O/c1-12(2)10(13(12,3)4)6-16-8-14(5)9-17-7-11(14)15/h10-11,16H,6-9,15H2,1-5H3. The van der Waals surface area contributed by atoms with Gasteiger partial charge in [0.05, 0.1) is 13.2 Å². The number of hydrogen-bond acceptors (Lipinski definition) is 3. The van der Waals surface area contributed by atoms with Gasteiger partial charge in [0.25, 0.3) is 0 Å². The fourth-order valence-electron chi connectivity index (χ4n) is 3.25. The minimum absolute atomic E-state index is 0.114. The molecule has 0 bridgehead atoms. The van der Waals surface area contributed by atoms with Crippen LogP contribution in [0.1, 0.15) is 34.6 Å². The topological polar surface area (TPSA) is 47.3 Å². The van der Waals surface area contributed by atoms with Gasteiger partial charge in [0.1, 0.15) is 0 Å². The van der Waals surface area contributed by atoms with Crippen molar-refractivity contribution in [1.82, 2.24) is 5.32 Å². The third kappa shape index (κ3) is 2.02. The van der Waals surface area contributed by atoms with Crippen molar-refractivity contribution < 1.29 is 4.74 Å². The Morgan fingerprint density at radius 2 is 1.76 bits per heavy atom. The largest absolute Gasteiger partial charge is 0.379 e. The molecule has 1 saturated carbocycles. The molecular weight excluding hydrogens is 212 g/mol. The van der Waals surface area contributed by atoms with E-state index in [1.807, 2.05) is 0 Å². The molecule has 0 aromatic carbocycles. The average molecular weight is 240 g/mol. The third-order valence-corrected chi connectivity index (χ3v) is 5.82. The predicted octanol–water partition coefficient (Wildman–Crippen LogP) is 1.62. The minimum atomic E-state index is 0.114. The summed E-state index contributed by atoms with van der Waals surface area (Å²) in [6.07, 6.45) is 0. The Labute approximate surface area is 105 Å². The molecule has 1 saturated heterocycles. The van der Waals surface area contributed by atoms with Crippen LogP contribution in [0.25, 0.3) is 0 Å². The van der Waals surface area contributed by atoms with Gasteiger partial charge in [0, 0.05) is 18.0 Å². The van der Waals surface area contributed by atoms with Crippen molar-refractivity contribution in [2.24, 2.45) is 27.9 Å². The lowest BCUT2D eigenvalue weighted by molar-refractivity contribution is 0.158. The lowest BCUT2D eigenvalue weighted by Gasteiger charge is -2.27. The van der Waals surface area contributed by atoms with E-state index in [4.69, 9.17) is 10.5 Å². The molecule has 3 heteroatoms. The molecule has 0 spiro atoms. The van der Waals surface area contributed by atoms with Gasteiger partial charge in [-0.25, -0.2) is 0 Å². The normalized spacial score (nSPS) is 39.5. The first kappa shape index (κ1) is 13.3. The first-order chi connectivity index (χ1) is 7.72. The number of ether oxygens (including phenoxy) is 1. The molecule has 1 aliphatic heterocycles. The first-order valence-electron chi connectivity index (χ1n) is 6.76. The molecule has 2 unspecified atom stereocenters. The van der Waals surface area contributed by atoms with E-state index < -0.39 is 0 Å². The van der Waals surface area contributed by atoms with Crippen LogP contribution < -0.4 is 11.1 Å². The van der Waals surface area contributed by atoms with Crippen molar-refractivity contribution in [2.45, 2.75) is 40.7 Å². The lowest BCUT2D eigenvalue weighted by atomic mass is 9.86. The monoisotopic (exact) mass is 240 g/mol. The van der Waals surface area contributed by atoms with Gasteiger partial charge in [-0.3, -0.25) is 0 Å². The van der Waals surface area contributed by atoms with Gasteiger partial charge in [-0.1, -0.05) is 34.6 Å². The second-order valence-corrected chi connectivity index (χ2v) is 7.40. The molecule has 3 N–H and O–H groups in total. The molecule has 0 radical (unpaired) electrons. The number of hydrogen-bond donors (Lipinski definition) is 2. The fraction of sp³-hybridized carbons (Fsp3) is 1.00. The van der Waals surface area contributed by atoms with Crippen LogP contribution in [-0.2, 0) is 4.74 Å². The summed E-state index contributed by atoms with van der Waals surface area (Å²) in [6, 6.07) is 0.176. The van der Waals surface area contributed by atoms with Crippen molar-refractivity contribution in [3.63, 3.8) is 0 Å². The first-order valence-corrected chi connectivity index (χ1v) is 6.76. The predicted molar refractivity (Wildman–Crippen MR) is 70.8 cm³/mol. The lowest BCUT2D eigenvalue weighted by Crippen LogP contribution is -2.45. The molecule has 2 rings (SSSR count). The van der Waals surface area contributed by atoms with Crippen LogP contribution in [0.3, 0.4) is 0 Å². The van der Waals surface area contributed by atoms with E-state index in [0.717, 1.165) is 25.6 Å². The summed E-state index contributed by atoms with van der Waals surface area (Å²) >= 11 is 0. The summed E-state index contributed by atoms with van der Waals surface area (Å²) in [7, 11) is 0. The van der Waals surface area contributed by atoms with Crippen molar-refractivity contribution in [3.05, 3.63) is 0 Å². The molecule has 2 fully saturated rings. The van der Waals surface area contributed by atoms with Crippen LogP contribution in [0.15, 0.2) is 0 Å². The molecule has 0 aromatic rings. The number of nitrogens with one attached hydrogen (secondary N) is 1. The van der Waals surface area contributed by atoms with E-state index in [-0.39, 0.29) is 11.5 Å². The van der Waals surface area contributed by atoms with E-state index >= 15 is 0 Å². The van der Waals surface area contributed by atoms with Crippen LogP contribution in [0, 0.1) is 22.2 Å². The molecule has 3 nitrogen and oxygen atoms in total. The summed E-state index contributed by atoms with van der Waals surface area (Å²) in [4.78, 5) is 0. The second kappa shape index (κ2) is 3.94. The molecule has 100 valence electrons. The van der Waals surface area contributed by atoms with E-state index in [2.05, 4.69) is 39.9 Å². The van der Waals surface area contributed by atoms with Gasteiger partial charge in [-0.15, -0.1) is 0 Å². The highest BCUT2D eigenvalue weighted by atomic mass is 16.5. The van der Waals surface area contributed by atoms with Gasteiger partial charge >= 0.3 is 0 Å². The molecule has 2 atom stereocenters. The van der Waals surface area contributed by atoms with Gasteiger partial charge in [0.15, 0.2) is 0 Å². The Morgan fingerprint density at radius 3 is 2.18 bits per heavy atom. The SMILES string of the molecule is CC1(CNCC2C(C)(C)C2(C)C)COCC1N. The van der Waals surface area contributed by atoms with Crippen LogP contribution in [0.4, 0.5) is 0 Å². The van der Waals surface area contributed by atoms with Crippen molar-refractivity contribution in [3.8, 4) is 0 Å². The Kier molecular flexibility index (Phi) is 3.08. The molecule has 0 aromatic heterocycles. The van der Waals surface area contributed by atoms with E-state index in [0.29, 0.717) is 17.4 Å². The molecular formula is C14H28N2O. The summed E-state index contributed by atoms with van der Waals surface area (Å²) in [5, 5.41) is 3.61. The van der Waals surface area contributed by atoms with Crippen molar-refractivity contribution >= 4 is 0 Å². The van der Waals surface area contributed by atoms with E-state index in [9.17, 15) is 0 Å². The molecule has 1 heterocycles. The maximum absolute atomic E-state index is 6.09. The third-order valence-electron chi connectivity index (χ3n) is 5.82. The zero-order chi connectivity index (χ0) is 12.9. The van der Waals surface area contributed by atoms with E-state index in [1.54, 1.807) is 0 Å². The smallest absolute Gasteiger partial charge is 0.0624 e. The zero-order valence-corrected chi connectivity index (χ0v) is 12.0. The summed E-state index contributed by atoms with van der Waals surface area (Å²) < 4.78 is 5.46. The number of nitrogens with two attached hydrogens (primary N) is 1. The minimum Gasteiger partial charge on any atom is -0.379 e. The second-order valence-electron chi connectivity index (χ2n) is 7.40. The van der Waals surface area contributed by atoms with Crippen LogP contribution in [0.5, 0.6) is 0 Å². The van der Waals surface area contributed by atoms with Crippen molar-refractivity contribution in [2.75, 3.05) is 26.3 Å². The highest BCUT2D eigenvalue weighted by Gasteiger charge is 2.63. The Hall–Kier alpha value is -0.120.